The summed E-state index contributed by atoms with van der Waals surface area (Å²) < 4.78 is 5.01. The number of aromatic nitrogens is 2. The summed E-state index contributed by atoms with van der Waals surface area (Å²) in [4.78, 5) is 22.5. The van der Waals surface area contributed by atoms with Crippen LogP contribution in [-0.4, -0.2) is 47.0 Å². The lowest BCUT2D eigenvalue weighted by atomic mass is 10.2. The maximum absolute atomic E-state index is 12.4. The van der Waals surface area contributed by atoms with Crippen molar-refractivity contribution in [3.8, 4) is 5.88 Å². The average Bonchev–Trinajstić information content (AvgIpc) is 3.04. The van der Waals surface area contributed by atoms with E-state index in [9.17, 15) is 4.79 Å². The molecule has 6 heteroatoms. The SMILES string of the molecule is COc1ccc(C(=O)N2CC[C@H](Nc3cccnc3)C2)cn1. The molecule has 1 N–H and O–H groups in total. The van der Waals surface area contributed by atoms with Gasteiger partial charge in [0.2, 0.25) is 5.88 Å². The topological polar surface area (TPSA) is 67.3 Å². The molecular weight excluding hydrogens is 280 g/mol. The fourth-order valence-corrected chi connectivity index (χ4v) is 2.56. The summed E-state index contributed by atoms with van der Waals surface area (Å²) in [5.74, 6) is 0.514. The van der Waals surface area contributed by atoms with E-state index in [4.69, 9.17) is 4.74 Å². The first kappa shape index (κ1) is 14.3. The third kappa shape index (κ3) is 3.16. The van der Waals surface area contributed by atoms with E-state index in [1.807, 2.05) is 17.0 Å². The van der Waals surface area contributed by atoms with E-state index < -0.39 is 0 Å². The Bertz CT molecular complexity index is 630. The van der Waals surface area contributed by atoms with Crippen LogP contribution in [0, 0.1) is 0 Å². The normalized spacial score (nSPS) is 17.3. The molecule has 0 saturated carbocycles. The molecule has 114 valence electrons. The van der Waals surface area contributed by atoms with Crippen molar-refractivity contribution < 1.29 is 9.53 Å². The van der Waals surface area contributed by atoms with Crippen LogP contribution in [0.15, 0.2) is 42.9 Å². The smallest absolute Gasteiger partial charge is 0.255 e. The number of hydrogen-bond donors (Lipinski definition) is 1. The van der Waals surface area contributed by atoms with Gasteiger partial charge in [-0.1, -0.05) is 0 Å². The van der Waals surface area contributed by atoms with Crippen LogP contribution in [0.2, 0.25) is 0 Å². The number of hydrogen-bond acceptors (Lipinski definition) is 5. The molecule has 0 aliphatic carbocycles. The van der Waals surface area contributed by atoms with Crippen molar-refractivity contribution >= 4 is 11.6 Å². The summed E-state index contributed by atoms with van der Waals surface area (Å²) in [6, 6.07) is 7.57. The van der Waals surface area contributed by atoms with E-state index in [2.05, 4.69) is 15.3 Å². The first-order valence-corrected chi connectivity index (χ1v) is 7.22. The summed E-state index contributed by atoms with van der Waals surface area (Å²) in [6.07, 6.45) is 6.01. The van der Waals surface area contributed by atoms with Crippen LogP contribution in [0.3, 0.4) is 0 Å². The fourth-order valence-electron chi connectivity index (χ4n) is 2.56. The highest BCUT2D eigenvalue weighted by Gasteiger charge is 2.27. The molecule has 2 aromatic rings. The van der Waals surface area contributed by atoms with E-state index in [1.54, 1.807) is 37.8 Å². The van der Waals surface area contributed by atoms with Crippen molar-refractivity contribution in [2.45, 2.75) is 12.5 Å². The lowest BCUT2D eigenvalue weighted by Crippen LogP contribution is -2.31. The lowest BCUT2D eigenvalue weighted by molar-refractivity contribution is 0.0791. The molecule has 0 bridgehead atoms. The summed E-state index contributed by atoms with van der Waals surface area (Å²) in [5.41, 5.74) is 1.57. The molecular formula is C16H18N4O2. The van der Waals surface area contributed by atoms with E-state index in [1.165, 1.54) is 0 Å². The van der Waals surface area contributed by atoms with Crippen LogP contribution in [0.1, 0.15) is 16.8 Å². The molecule has 1 fully saturated rings. The monoisotopic (exact) mass is 298 g/mol. The van der Waals surface area contributed by atoms with Gasteiger partial charge in [0.05, 0.1) is 18.4 Å². The van der Waals surface area contributed by atoms with Gasteiger partial charge < -0.3 is 15.0 Å². The van der Waals surface area contributed by atoms with Gasteiger partial charge in [-0.3, -0.25) is 9.78 Å². The van der Waals surface area contributed by atoms with Crippen LogP contribution in [-0.2, 0) is 0 Å². The zero-order valence-electron chi connectivity index (χ0n) is 12.4. The molecule has 22 heavy (non-hydrogen) atoms. The number of carbonyl (C=O) groups excluding carboxylic acids is 1. The number of likely N-dealkylation sites (tertiary alicyclic amines) is 1. The van der Waals surface area contributed by atoms with E-state index in [-0.39, 0.29) is 11.9 Å². The largest absolute Gasteiger partial charge is 0.481 e. The summed E-state index contributed by atoms with van der Waals surface area (Å²) >= 11 is 0. The molecule has 3 heterocycles. The molecule has 1 amide bonds. The van der Waals surface area contributed by atoms with Gasteiger partial charge in [-0.05, 0) is 24.6 Å². The Morgan fingerprint density at radius 3 is 2.95 bits per heavy atom. The van der Waals surface area contributed by atoms with Gasteiger partial charge in [0, 0.05) is 43.8 Å². The number of methoxy groups -OCH3 is 1. The Morgan fingerprint density at radius 2 is 2.27 bits per heavy atom. The Labute approximate surface area is 129 Å². The van der Waals surface area contributed by atoms with Crippen molar-refractivity contribution in [3.05, 3.63) is 48.4 Å². The molecule has 0 aromatic carbocycles. The Balaban J connectivity index is 1.60. The number of anilines is 1. The van der Waals surface area contributed by atoms with Gasteiger partial charge in [0.1, 0.15) is 0 Å². The second-order valence-corrected chi connectivity index (χ2v) is 5.21. The molecule has 0 spiro atoms. The van der Waals surface area contributed by atoms with Crippen molar-refractivity contribution in [1.82, 2.24) is 14.9 Å². The number of amides is 1. The zero-order chi connectivity index (χ0) is 15.4. The Kier molecular flexibility index (Phi) is 4.18. The van der Waals surface area contributed by atoms with E-state index in [0.29, 0.717) is 18.0 Å². The minimum Gasteiger partial charge on any atom is -0.481 e. The summed E-state index contributed by atoms with van der Waals surface area (Å²) in [6.45, 7) is 1.42. The third-order valence-electron chi connectivity index (χ3n) is 3.70. The first-order chi connectivity index (χ1) is 10.8. The van der Waals surface area contributed by atoms with Crippen LogP contribution >= 0.6 is 0 Å². The molecule has 1 aliphatic heterocycles. The molecule has 6 nitrogen and oxygen atoms in total. The lowest BCUT2D eigenvalue weighted by Gasteiger charge is -2.17. The van der Waals surface area contributed by atoms with E-state index >= 15 is 0 Å². The van der Waals surface area contributed by atoms with Gasteiger partial charge in [0.15, 0.2) is 0 Å². The highest BCUT2D eigenvalue weighted by atomic mass is 16.5. The maximum Gasteiger partial charge on any atom is 0.255 e. The Morgan fingerprint density at radius 1 is 1.36 bits per heavy atom. The summed E-state index contributed by atoms with van der Waals surface area (Å²) in [5, 5.41) is 3.40. The second kappa shape index (κ2) is 6.43. The second-order valence-electron chi connectivity index (χ2n) is 5.21. The van der Waals surface area contributed by atoms with Gasteiger partial charge in [-0.2, -0.15) is 0 Å². The van der Waals surface area contributed by atoms with E-state index in [0.717, 1.165) is 18.7 Å². The third-order valence-corrected chi connectivity index (χ3v) is 3.70. The quantitative estimate of drug-likeness (QED) is 0.932. The van der Waals surface area contributed by atoms with Crippen LogP contribution < -0.4 is 10.1 Å². The number of nitrogens with one attached hydrogen (secondary N) is 1. The molecule has 3 rings (SSSR count). The van der Waals surface area contributed by atoms with Crippen molar-refractivity contribution in [3.63, 3.8) is 0 Å². The predicted molar refractivity (Wildman–Crippen MR) is 83.0 cm³/mol. The molecule has 0 radical (unpaired) electrons. The summed E-state index contributed by atoms with van der Waals surface area (Å²) in [7, 11) is 1.55. The van der Waals surface area contributed by atoms with Crippen molar-refractivity contribution in [2.75, 3.05) is 25.5 Å². The number of carbonyl (C=O) groups is 1. The molecule has 0 unspecified atom stereocenters. The minimum absolute atomic E-state index is 0.00522. The fraction of sp³-hybridized carbons (Fsp3) is 0.312. The van der Waals surface area contributed by atoms with Gasteiger partial charge >= 0.3 is 0 Å². The maximum atomic E-state index is 12.4. The molecule has 2 aromatic heterocycles. The van der Waals surface area contributed by atoms with Gasteiger partial charge in [-0.25, -0.2) is 4.98 Å². The average molecular weight is 298 g/mol. The van der Waals surface area contributed by atoms with Crippen LogP contribution in [0.25, 0.3) is 0 Å². The van der Waals surface area contributed by atoms with Gasteiger partial charge in [0.25, 0.3) is 5.91 Å². The predicted octanol–water partition coefficient (Wildman–Crippen LogP) is 1.81. The van der Waals surface area contributed by atoms with Crippen LogP contribution in [0.5, 0.6) is 5.88 Å². The minimum atomic E-state index is 0.00522. The van der Waals surface area contributed by atoms with Gasteiger partial charge in [-0.15, -0.1) is 0 Å². The van der Waals surface area contributed by atoms with Crippen molar-refractivity contribution in [2.24, 2.45) is 0 Å². The van der Waals surface area contributed by atoms with Crippen LogP contribution in [0.4, 0.5) is 5.69 Å². The number of pyridine rings is 2. The first-order valence-electron chi connectivity index (χ1n) is 7.22. The van der Waals surface area contributed by atoms with Crippen molar-refractivity contribution in [1.29, 1.82) is 0 Å². The highest BCUT2D eigenvalue weighted by Crippen LogP contribution is 2.18. The molecule has 1 atom stereocenters. The molecule has 1 aliphatic rings. The number of rotatable bonds is 4. The molecule has 1 saturated heterocycles. The Hall–Kier alpha value is -2.63. The highest BCUT2D eigenvalue weighted by molar-refractivity contribution is 5.94. The zero-order valence-corrected chi connectivity index (χ0v) is 12.4. The number of nitrogens with zero attached hydrogens (tertiary/aromatic N) is 3. The standard InChI is InChI=1S/C16H18N4O2/c1-22-15-5-4-12(9-18-15)16(21)20-8-6-14(11-20)19-13-3-2-7-17-10-13/h2-5,7,9-10,14,19H,6,8,11H2,1H3/t14-/m0/s1. The number of ether oxygens (including phenoxy) is 1.